The average Bonchev–Trinajstić information content (AvgIpc) is 3.15. The Hall–Kier alpha value is -1.35. The Morgan fingerprint density at radius 3 is 2.86 bits per heavy atom. The topological polar surface area (TPSA) is 36.3 Å². The number of rotatable bonds is 11. The molecule has 0 radical (unpaired) electrons. The lowest BCUT2D eigenvalue weighted by atomic mass is 9.93. The van der Waals surface area contributed by atoms with Crippen LogP contribution in [0.2, 0.25) is 0 Å². The minimum Gasteiger partial charge on any atom is -0.491 e. The first-order valence-electron chi connectivity index (χ1n) is 11.9. The fourth-order valence-corrected chi connectivity index (χ4v) is 4.40. The van der Waals surface area contributed by atoms with Crippen molar-refractivity contribution in [1.82, 2.24) is 4.90 Å². The zero-order chi connectivity index (χ0) is 21.2. The fourth-order valence-electron chi connectivity index (χ4n) is 4.40. The van der Waals surface area contributed by atoms with Gasteiger partial charge >= 0.3 is 0 Å². The minimum absolute atomic E-state index is 0.502. The summed E-state index contributed by atoms with van der Waals surface area (Å²) in [4.78, 5) is 2.52. The van der Waals surface area contributed by atoms with Gasteiger partial charge in [-0.05, 0) is 76.3 Å². The zero-order valence-electron chi connectivity index (χ0n) is 19.5. The maximum atomic E-state index is 8.50. The molecule has 0 saturated carbocycles. The number of nitrogens with one attached hydrogen (secondary N) is 1. The molecule has 1 saturated heterocycles. The van der Waals surface area contributed by atoms with Crippen molar-refractivity contribution in [2.75, 3.05) is 26.2 Å². The van der Waals surface area contributed by atoms with Crippen molar-refractivity contribution < 1.29 is 4.74 Å². The first kappa shape index (κ1) is 23.9. The van der Waals surface area contributed by atoms with Crippen LogP contribution in [0, 0.1) is 17.2 Å². The van der Waals surface area contributed by atoms with Gasteiger partial charge < -0.3 is 4.74 Å². The third-order valence-corrected chi connectivity index (χ3v) is 7.04. The van der Waals surface area contributed by atoms with E-state index in [0.717, 1.165) is 49.6 Å². The number of nitrogens with zero attached hydrogens (tertiary/aromatic N) is 1. The molecule has 0 bridgehead atoms. The highest BCUT2D eigenvalue weighted by atomic mass is 16.5. The van der Waals surface area contributed by atoms with E-state index in [1.54, 1.807) is 0 Å². The van der Waals surface area contributed by atoms with Crippen LogP contribution in [0.3, 0.4) is 0 Å². The van der Waals surface area contributed by atoms with E-state index < -0.39 is 0 Å². The molecule has 29 heavy (non-hydrogen) atoms. The molecule has 2 aliphatic rings. The predicted octanol–water partition coefficient (Wildman–Crippen LogP) is 6.91. The van der Waals surface area contributed by atoms with Crippen molar-refractivity contribution >= 4 is 5.71 Å². The molecule has 1 aliphatic carbocycles. The number of ether oxygens (including phenoxy) is 1. The normalized spacial score (nSPS) is 22.1. The lowest BCUT2D eigenvalue weighted by Gasteiger charge is -2.19. The molecule has 0 amide bonds. The van der Waals surface area contributed by atoms with E-state index in [0.29, 0.717) is 18.1 Å². The van der Waals surface area contributed by atoms with Crippen LogP contribution in [0.25, 0.3) is 0 Å². The van der Waals surface area contributed by atoms with Gasteiger partial charge in [0.2, 0.25) is 0 Å². The highest BCUT2D eigenvalue weighted by molar-refractivity contribution is 6.08. The molecule has 2 rings (SSSR count). The predicted molar refractivity (Wildman–Crippen MR) is 126 cm³/mol. The Balaban J connectivity index is 1.67. The van der Waals surface area contributed by atoms with Crippen molar-refractivity contribution in [1.29, 1.82) is 5.41 Å². The van der Waals surface area contributed by atoms with E-state index in [-0.39, 0.29) is 0 Å². The summed E-state index contributed by atoms with van der Waals surface area (Å²) in [7, 11) is 0. The fraction of sp³-hybridized carbons (Fsp3) is 0.731. The Bertz CT molecular complexity index is 616. The Morgan fingerprint density at radius 1 is 1.31 bits per heavy atom. The SMILES string of the molecule is C=C(OCCN1CCC(CCCC(C)CC)C1)C(=N)C1=CCC(C)=C(C)CCC1. The van der Waals surface area contributed by atoms with Gasteiger partial charge in [0.1, 0.15) is 12.4 Å². The van der Waals surface area contributed by atoms with Crippen LogP contribution in [0.1, 0.15) is 85.5 Å². The number of allylic oxidation sites excluding steroid dienone is 4. The highest BCUT2D eigenvalue weighted by Crippen LogP contribution is 2.25. The molecule has 1 N–H and O–H groups in total. The summed E-state index contributed by atoms with van der Waals surface area (Å²) in [5, 5.41) is 8.50. The molecule has 0 aromatic rings. The first-order valence-corrected chi connectivity index (χ1v) is 11.9. The summed E-state index contributed by atoms with van der Waals surface area (Å²) in [5.41, 5.74) is 4.55. The molecule has 0 spiro atoms. The highest BCUT2D eigenvalue weighted by Gasteiger charge is 2.22. The zero-order valence-corrected chi connectivity index (χ0v) is 19.5. The van der Waals surface area contributed by atoms with Crippen molar-refractivity contribution in [2.45, 2.75) is 85.5 Å². The summed E-state index contributed by atoms with van der Waals surface area (Å²) in [6, 6.07) is 0. The quantitative estimate of drug-likeness (QED) is 0.232. The van der Waals surface area contributed by atoms with Crippen LogP contribution >= 0.6 is 0 Å². The Kier molecular flexibility index (Phi) is 10.2. The Morgan fingerprint density at radius 2 is 2.10 bits per heavy atom. The molecule has 164 valence electrons. The van der Waals surface area contributed by atoms with Crippen LogP contribution in [-0.2, 0) is 4.74 Å². The lowest BCUT2D eigenvalue weighted by Crippen LogP contribution is -2.25. The summed E-state index contributed by atoms with van der Waals surface area (Å²) < 4.78 is 5.89. The van der Waals surface area contributed by atoms with Crippen LogP contribution in [0.5, 0.6) is 0 Å². The number of hydrogen-bond donors (Lipinski definition) is 1. The van der Waals surface area contributed by atoms with E-state index in [1.807, 2.05) is 0 Å². The summed E-state index contributed by atoms with van der Waals surface area (Å²) in [6.45, 7) is 17.1. The monoisotopic (exact) mass is 400 g/mol. The molecule has 2 atom stereocenters. The van der Waals surface area contributed by atoms with Crippen LogP contribution in [-0.4, -0.2) is 36.9 Å². The van der Waals surface area contributed by atoms with Gasteiger partial charge in [-0.3, -0.25) is 10.3 Å². The third kappa shape index (κ3) is 8.12. The second-order valence-electron chi connectivity index (χ2n) is 9.39. The largest absolute Gasteiger partial charge is 0.491 e. The lowest BCUT2D eigenvalue weighted by molar-refractivity contribution is 0.182. The second kappa shape index (κ2) is 12.4. The van der Waals surface area contributed by atoms with Gasteiger partial charge in [-0.2, -0.15) is 0 Å². The van der Waals surface area contributed by atoms with Gasteiger partial charge in [-0.1, -0.05) is 56.9 Å². The van der Waals surface area contributed by atoms with E-state index in [2.05, 4.69) is 45.2 Å². The number of hydrogen-bond acceptors (Lipinski definition) is 3. The van der Waals surface area contributed by atoms with Gasteiger partial charge in [-0.15, -0.1) is 0 Å². The maximum absolute atomic E-state index is 8.50. The minimum atomic E-state index is 0.502. The number of likely N-dealkylation sites (tertiary alicyclic amines) is 1. The van der Waals surface area contributed by atoms with E-state index in [4.69, 9.17) is 10.1 Å². The van der Waals surface area contributed by atoms with E-state index in [1.165, 1.54) is 56.3 Å². The molecular formula is C26H44N2O. The molecule has 0 aromatic carbocycles. The van der Waals surface area contributed by atoms with Gasteiger partial charge in [0.15, 0.2) is 0 Å². The van der Waals surface area contributed by atoms with Crippen LogP contribution in [0.4, 0.5) is 0 Å². The van der Waals surface area contributed by atoms with Gasteiger partial charge in [0.05, 0.1) is 5.71 Å². The molecule has 1 heterocycles. The second-order valence-corrected chi connectivity index (χ2v) is 9.39. The molecule has 3 nitrogen and oxygen atoms in total. The average molecular weight is 401 g/mol. The molecule has 0 aromatic heterocycles. The first-order chi connectivity index (χ1) is 13.9. The van der Waals surface area contributed by atoms with Crippen molar-refractivity contribution in [3.05, 3.63) is 35.1 Å². The van der Waals surface area contributed by atoms with Gasteiger partial charge in [-0.25, -0.2) is 0 Å². The van der Waals surface area contributed by atoms with Crippen molar-refractivity contribution in [3.8, 4) is 0 Å². The van der Waals surface area contributed by atoms with Crippen molar-refractivity contribution in [3.63, 3.8) is 0 Å². The molecule has 2 unspecified atom stereocenters. The smallest absolute Gasteiger partial charge is 0.137 e. The molecule has 1 aliphatic heterocycles. The van der Waals surface area contributed by atoms with Gasteiger partial charge in [0, 0.05) is 13.1 Å². The molecule has 3 heteroatoms. The van der Waals surface area contributed by atoms with Gasteiger partial charge in [0.25, 0.3) is 0 Å². The summed E-state index contributed by atoms with van der Waals surface area (Å²) >= 11 is 0. The van der Waals surface area contributed by atoms with E-state index in [9.17, 15) is 0 Å². The summed E-state index contributed by atoms with van der Waals surface area (Å²) in [5.74, 6) is 2.28. The summed E-state index contributed by atoms with van der Waals surface area (Å²) in [6.07, 6.45) is 13.1. The molecule has 1 fully saturated rings. The standard InChI is InChI=1S/C26H44N2O/c1-6-20(2)9-7-11-24-15-16-28(19-24)17-18-29-23(5)26(27)25-12-8-10-21(3)22(4)13-14-25/h14,20,24,27H,5-13,15-19H2,1-4H3. The maximum Gasteiger partial charge on any atom is 0.137 e. The van der Waals surface area contributed by atoms with Crippen molar-refractivity contribution in [2.24, 2.45) is 11.8 Å². The van der Waals surface area contributed by atoms with Crippen LogP contribution < -0.4 is 0 Å². The Labute approximate surface area is 179 Å². The van der Waals surface area contributed by atoms with Crippen LogP contribution in [0.15, 0.2) is 35.1 Å². The van der Waals surface area contributed by atoms with E-state index >= 15 is 0 Å². The molecular weight excluding hydrogens is 356 g/mol. The third-order valence-electron chi connectivity index (χ3n) is 7.04.